The van der Waals surface area contributed by atoms with Gasteiger partial charge in [0.1, 0.15) is 11.8 Å². The van der Waals surface area contributed by atoms with Crippen molar-refractivity contribution in [2.75, 3.05) is 19.0 Å². The quantitative estimate of drug-likeness (QED) is 0.778. The van der Waals surface area contributed by atoms with Crippen LogP contribution in [-0.2, 0) is 9.53 Å². The molecule has 5 heteroatoms. The van der Waals surface area contributed by atoms with E-state index in [2.05, 4.69) is 5.32 Å². The van der Waals surface area contributed by atoms with Gasteiger partial charge >= 0.3 is 5.97 Å². The summed E-state index contributed by atoms with van der Waals surface area (Å²) in [5.74, 6) is 0.370. The largest absolute Gasteiger partial charge is 0.495 e. The fraction of sp³-hybridized carbons (Fsp3) is 0.533. The number of carbonyl (C=O) groups is 1. The lowest BCUT2D eigenvalue weighted by Crippen LogP contribution is -2.31. The Bertz CT molecular complexity index is 463. The second-order valence-corrected chi connectivity index (χ2v) is 4.95. The molecule has 0 saturated heterocycles. The number of hydrogen-bond donors (Lipinski definition) is 1. The van der Waals surface area contributed by atoms with E-state index < -0.39 is 0 Å². The zero-order chi connectivity index (χ0) is 15.1. The molecule has 0 amide bonds. The summed E-state index contributed by atoms with van der Waals surface area (Å²) < 4.78 is 10.4. The van der Waals surface area contributed by atoms with E-state index in [1.807, 2.05) is 19.9 Å². The van der Waals surface area contributed by atoms with Crippen LogP contribution in [-0.4, -0.2) is 25.7 Å². The van der Waals surface area contributed by atoms with E-state index in [-0.39, 0.29) is 12.0 Å². The summed E-state index contributed by atoms with van der Waals surface area (Å²) in [4.78, 5) is 11.9. The van der Waals surface area contributed by atoms with E-state index >= 15 is 0 Å². The first-order valence-corrected chi connectivity index (χ1v) is 7.18. The van der Waals surface area contributed by atoms with Crippen LogP contribution < -0.4 is 10.1 Å². The first-order chi connectivity index (χ1) is 9.53. The number of halogens is 1. The molecule has 0 aliphatic carbocycles. The highest BCUT2D eigenvalue weighted by Gasteiger charge is 2.20. The average Bonchev–Trinajstić information content (AvgIpc) is 2.42. The van der Waals surface area contributed by atoms with Crippen molar-refractivity contribution in [1.29, 1.82) is 0 Å². The average molecular weight is 300 g/mol. The molecule has 112 valence electrons. The summed E-state index contributed by atoms with van der Waals surface area (Å²) in [5, 5.41) is 3.83. The Balaban J connectivity index is 2.98. The Morgan fingerprint density at radius 2 is 2.10 bits per heavy atom. The van der Waals surface area contributed by atoms with Crippen molar-refractivity contribution in [3.63, 3.8) is 0 Å². The Kier molecular flexibility index (Phi) is 6.65. The van der Waals surface area contributed by atoms with Gasteiger partial charge in [0.15, 0.2) is 0 Å². The van der Waals surface area contributed by atoms with Crippen LogP contribution in [0.4, 0.5) is 5.69 Å². The highest BCUT2D eigenvalue weighted by atomic mass is 35.5. The zero-order valence-corrected chi connectivity index (χ0v) is 13.2. The molecule has 1 N–H and O–H groups in total. The molecule has 0 spiro atoms. The Morgan fingerprint density at radius 3 is 2.65 bits per heavy atom. The van der Waals surface area contributed by atoms with E-state index in [1.165, 1.54) is 0 Å². The topological polar surface area (TPSA) is 47.6 Å². The fourth-order valence-corrected chi connectivity index (χ4v) is 2.07. The van der Waals surface area contributed by atoms with Crippen molar-refractivity contribution < 1.29 is 14.3 Å². The van der Waals surface area contributed by atoms with Gasteiger partial charge in [-0.05, 0) is 31.9 Å². The summed E-state index contributed by atoms with van der Waals surface area (Å²) in [6, 6.07) is 3.24. The Morgan fingerprint density at radius 1 is 1.40 bits per heavy atom. The van der Waals surface area contributed by atoms with Gasteiger partial charge < -0.3 is 14.8 Å². The molecule has 0 radical (unpaired) electrons. The second kappa shape index (κ2) is 8.00. The molecule has 1 aromatic carbocycles. The molecule has 4 nitrogen and oxygen atoms in total. The van der Waals surface area contributed by atoms with Gasteiger partial charge in [-0.1, -0.05) is 24.9 Å². The van der Waals surface area contributed by atoms with Gasteiger partial charge in [0.2, 0.25) is 0 Å². The Labute approximate surface area is 125 Å². The predicted octanol–water partition coefficient (Wildman–Crippen LogP) is 3.80. The van der Waals surface area contributed by atoms with Gasteiger partial charge in [0, 0.05) is 11.1 Å². The molecule has 1 rings (SSSR count). The van der Waals surface area contributed by atoms with E-state index in [0.717, 1.165) is 17.7 Å². The molecular formula is C15H22ClNO3. The van der Waals surface area contributed by atoms with Gasteiger partial charge in [-0.15, -0.1) is 0 Å². The van der Waals surface area contributed by atoms with E-state index in [9.17, 15) is 4.79 Å². The summed E-state index contributed by atoms with van der Waals surface area (Å²) in [7, 11) is 1.57. The van der Waals surface area contributed by atoms with Gasteiger partial charge in [0.25, 0.3) is 0 Å². The van der Waals surface area contributed by atoms with Crippen LogP contribution in [0.1, 0.15) is 32.3 Å². The van der Waals surface area contributed by atoms with Crippen molar-refractivity contribution >= 4 is 23.3 Å². The maximum absolute atomic E-state index is 11.9. The SMILES string of the molecule is CCCC(Nc1cc(C)c(Cl)cc1OC)C(=O)OCC. The van der Waals surface area contributed by atoms with Crippen LogP contribution >= 0.6 is 11.6 Å². The first-order valence-electron chi connectivity index (χ1n) is 6.80. The molecule has 1 atom stereocenters. The van der Waals surface area contributed by atoms with Crippen molar-refractivity contribution in [2.45, 2.75) is 39.7 Å². The number of anilines is 1. The molecule has 0 aliphatic heterocycles. The highest BCUT2D eigenvalue weighted by Crippen LogP contribution is 2.31. The summed E-state index contributed by atoms with van der Waals surface area (Å²) in [6.07, 6.45) is 1.58. The third kappa shape index (κ3) is 4.30. The van der Waals surface area contributed by atoms with Crippen LogP contribution in [0.25, 0.3) is 0 Å². The molecular weight excluding hydrogens is 278 g/mol. The monoisotopic (exact) mass is 299 g/mol. The first kappa shape index (κ1) is 16.6. The standard InChI is InChI=1S/C15H22ClNO3/c1-5-7-12(15(18)20-6-2)17-13-8-10(3)11(16)9-14(13)19-4/h8-9,12,17H,5-7H2,1-4H3. The van der Waals surface area contributed by atoms with Crippen LogP contribution in [0.2, 0.25) is 5.02 Å². The van der Waals surface area contributed by atoms with Crippen LogP contribution in [0.3, 0.4) is 0 Å². The van der Waals surface area contributed by atoms with Gasteiger partial charge in [0.05, 0.1) is 19.4 Å². The van der Waals surface area contributed by atoms with Crippen molar-refractivity contribution in [1.82, 2.24) is 0 Å². The Hall–Kier alpha value is -1.42. The zero-order valence-electron chi connectivity index (χ0n) is 12.5. The molecule has 1 unspecified atom stereocenters. The maximum Gasteiger partial charge on any atom is 0.328 e. The molecule has 1 aromatic rings. The number of carbonyl (C=O) groups excluding carboxylic acids is 1. The van der Waals surface area contributed by atoms with Crippen molar-refractivity contribution in [3.8, 4) is 5.75 Å². The third-order valence-electron chi connectivity index (χ3n) is 2.96. The van der Waals surface area contributed by atoms with Gasteiger partial charge in [-0.25, -0.2) is 4.79 Å². The smallest absolute Gasteiger partial charge is 0.328 e. The minimum Gasteiger partial charge on any atom is -0.495 e. The molecule has 0 aliphatic rings. The van der Waals surface area contributed by atoms with E-state index in [1.54, 1.807) is 20.1 Å². The number of rotatable bonds is 7. The highest BCUT2D eigenvalue weighted by molar-refractivity contribution is 6.31. The summed E-state index contributed by atoms with van der Waals surface area (Å²) >= 11 is 6.08. The lowest BCUT2D eigenvalue weighted by atomic mass is 10.1. The molecule has 20 heavy (non-hydrogen) atoms. The number of hydrogen-bond acceptors (Lipinski definition) is 4. The lowest BCUT2D eigenvalue weighted by molar-refractivity contribution is -0.144. The van der Waals surface area contributed by atoms with Gasteiger partial charge in [-0.3, -0.25) is 0 Å². The summed E-state index contributed by atoms with van der Waals surface area (Å²) in [6.45, 7) is 6.11. The van der Waals surface area contributed by atoms with Crippen molar-refractivity contribution in [3.05, 3.63) is 22.7 Å². The minimum atomic E-state index is -0.380. The van der Waals surface area contributed by atoms with Crippen molar-refractivity contribution in [2.24, 2.45) is 0 Å². The molecule has 0 bridgehead atoms. The number of benzene rings is 1. The second-order valence-electron chi connectivity index (χ2n) is 4.54. The number of ether oxygens (including phenoxy) is 2. The van der Waals surface area contributed by atoms with Crippen LogP contribution in [0, 0.1) is 6.92 Å². The van der Waals surface area contributed by atoms with Crippen LogP contribution in [0.5, 0.6) is 5.75 Å². The number of methoxy groups -OCH3 is 1. The number of aryl methyl sites for hydroxylation is 1. The summed E-state index contributed by atoms with van der Waals surface area (Å²) in [5.41, 5.74) is 1.68. The fourth-order valence-electron chi connectivity index (χ4n) is 1.91. The maximum atomic E-state index is 11.9. The number of esters is 1. The minimum absolute atomic E-state index is 0.246. The predicted molar refractivity (Wildman–Crippen MR) is 81.7 cm³/mol. The van der Waals surface area contributed by atoms with Gasteiger partial charge in [-0.2, -0.15) is 0 Å². The normalized spacial score (nSPS) is 11.8. The molecule has 0 aromatic heterocycles. The van der Waals surface area contributed by atoms with E-state index in [4.69, 9.17) is 21.1 Å². The lowest BCUT2D eigenvalue weighted by Gasteiger charge is -2.20. The molecule has 0 saturated carbocycles. The third-order valence-corrected chi connectivity index (χ3v) is 3.37. The molecule has 0 fully saturated rings. The van der Waals surface area contributed by atoms with E-state index in [0.29, 0.717) is 23.8 Å². The molecule has 0 heterocycles. The van der Waals surface area contributed by atoms with Crippen LogP contribution in [0.15, 0.2) is 12.1 Å². The number of nitrogens with one attached hydrogen (secondary N) is 1.